The van der Waals surface area contributed by atoms with E-state index < -0.39 is 28.1 Å². The number of nitrogens with one attached hydrogen (secondary N) is 3. The largest absolute Gasteiger partial charge is 0.436 e. The van der Waals surface area contributed by atoms with E-state index in [0.717, 1.165) is 0 Å². The van der Waals surface area contributed by atoms with E-state index >= 15 is 0 Å². The first-order chi connectivity index (χ1) is 17.4. The topological polar surface area (TPSA) is 131 Å². The predicted octanol–water partition coefficient (Wildman–Crippen LogP) is 3.82. The number of anilines is 2. The summed E-state index contributed by atoms with van der Waals surface area (Å²) in [6.07, 6.45) is -2.76. The molecule has 0 bridgehead atoms. The lowest BCUT2D eigenvalue weighted by Gasteiger charge is -2.26. The molecular formula is C21H23F4N7O3S2. The van der Waals surface area contributed by atoms with Crippen LogP contribution in [0.15, 0.2) is 24.5 Å². The summed E-state index contributed by atoms with van der Waals surface area (Å²) in [5, 5.41) is 6.81. The normalized spacial score (nSPS) is 18.4. The van der Waals surface area contributed by atoms with Gasteiger partial charge in [0.25, 0.3) is 0 Å². The number of sulfonamides is 1. The van der Waals surface area contributed by atoms with E-state index in [2.05, 4.69) is 30.6 Å². The molecular weight excluding hydrogens is 538 g/mol. The number of ether oxygens (including phenoxy) is 1. The van der Waals surface area contributed by atoms with Crippen LogP contribution in [0.5, 0.6) is 11.6 Å². The molecule has 10 nitrogen and oxygen atoms in total. The Kier molecular flexibility index (Phi) is 7.80. The van der Waals surface area contributed by atoms with Gasteiger partial charge < -0.3 is 15.4 Å². The summed E-state index contributed by atoms with van der Waals surface area (Å²) in [5.74, 6) is -1.54. The van der Waals surface area contributed by atoms with Crippen LogP contribution in [-0.4, -0.2) is 65.6 Å². The van der Waals surface area contributed by atoms with Crippen LogP contribution in [0.4, 0.5) is 29.3 Å². The van der Waals surface area contributed by atoms with E-state index in [-0.39, 0.29) is 23.5 Å². The average molecular weight is 562 g/mol. The molecule has 0 aliphatic carbocycles. The first kappa shape index (κ1) is 26.9. The van der Waals surface area contributed by atoms with Crippen molar-refractivity contribution in [1.29, 1.82) is 0 Å². The molecule has 1 saturated heterocycles. The average Bonchev–Trinajstić information content (AvgIpc) is 3.14. The zero-order chi connectivity index (χ0) is 26.8. The second-order valence-electron chi connectivity index (χ2n) is 8.38. The van der Waals surface area contributed by atoms with Gasteiger partial charge in [0.2, 0.25) is 21.9 Å². The maximum Gasteiger partial charge on any atom is 0.404 e. The number of hydrogen-bond acceptors (Lipinski definition) is 10. The minimum absolute atomic E-state index is 0.168. The summed E-state index contributed by atoms with van der Waals surface area (Å²) in [7, 11) is -4.67. The number of piperidine rings is 1. The molecule has 3 aromatic rings. The molecule has 1 fully saturated rings. The monoisotopic (exact) mass is 561 g/mol. The molecule has 0 radical (unpaired) electrons. The Bertz CT molecular complexity index is 1370. The van der Waals surface area contributed by atoms with Gasteiger partial charge in [-0.15, -0.1) is 11.3 Å². The molecule has 4 heterocycles. The van der Waals surface area contributed by atoms with Gasteiger partial charge in [-0.2, -0.15) is 13.2 Å². The molecule has 0 aromatic carbocycles. The summed E-state index contributed by atoms with van der Waals surface area (Å²) in [4.78, 5) is 17.6. The van der Waals surface area contributed by atoms with Gasteiger partial charge in [0, 0.05) is 31.7 Å². The molecule has 16 heteroatoms. The van der Waals surface area contributed by atoms with Gasteiger partial charge >= 0.3 is 6.18 Å². The summed E-state index contributed by atoms with van der Waals surface area (Å²) in [6, 6.07) is 2.76. The molecule has 4 rings (SSSR count). The van der Waals surface area contributed by atoms with Crippen LogP contribution in [0.25, 0.3) is 10.6 Å². The fourth-order valence-corrected chi connectivity index (χ4v) is 5.35. The second kappa shape index (κ2) is 10.7. The quantitative estimate of drug-likeness (QED) is 0.351. The molecule has 1 aliphatic rings. The van der Waals surface area contributed by atoms with Gasteiger partial charge in [0.05, 0.1) is 16.9 Å². The fourth-order valence-electron chi connectivity index (χ4n) is 3.60. The maximum absolute atomic E-state index is 13.7. The molecule has 0 spiro atoms. The molecule has 200 valence electrons. The Morgan fingerprint density at radius 3 is 2.70 bits per heavy atom. The van der Waals surface area contributed by atoms with Crippen molar-refractivity contribution in [3.05, 3.63) is 35.1 Å². The predicted molar refractivity (Wildman–Crippen MR) is 130 cm³/mol. The van der Waals surface area contributed by atoms with E-state index in [4.69, 9.17) is 4.74 Å². The molecule has 0 saturated carbocycles. The van der Waals surface area contributed by atoms with Crippen molar-refractivity contribution < 1.29 is 30.7 Å². The van der Waals surface area contributed by atoms with Crippen LogP contribution in [0.3, 0.4) is 0 Å². The lowest BCUT2D eigenvalue weighted by molar-refractivity contribution is -0.106. The highest BCUT2D eigenvalue weighted by Gasteiger charge is 2.35. The van der Waals surface area contributed by atoms with Crippen LogP contribution in [0, 0.1) is 13.8 Å². The Morgan fingerprint density at radius 2 is 2.00 bits per heavy atom. The van der Waals surface area contributed by atoms with Crippen molar-refractivity contribution in [3.8, 4) is 22.2 Å². The Balaban J connectivity index is 1.52. The highest BCUT2D eigenvalue weighted by atomic mass is 32.2. The van der Waals surface area contributed by atoms with Crippen LogP contribution >= 0.6 is 11.3 Å². The zero-order valence-corrected chi connectivity index (χ0v) is 21.3. The first-order valence-electron chi connectivity index (χ1n) is 11.0. The van der Waals surface area contributed by atoms with E-state index in [1.54, 1.807) is 26.1 Å². The minimum atomic E-state index is -4.89. The van der Waals surface area contributed by atoms with Crippen molar-refractivity contribution in [3.63, 3.8) is 0 Å². The number of aromatic nitrogens is 4. The van der Waals surface area contributed by atoms with E-state index in [1.807, 2.05) is 4.72 Å². The van der Waals surface area contributed by atoms with Crippen LogP contribution < -0.4 is 20.1 Å². The van der Waals surface area contributed by atoms with Crippen LogP contribution in [0.2, 0.25) is 0 Å². The van der Waals surface area contributed by atoms with Gasteiger partial charge in [-0.1, -0.05) is 0 Å². The number of nitrogens with zero attached hydrogens (tertiary/aromatic N) is 4. The third-order valence-corrected chi connectivity index (χ3v) is 7.31. The third kappa shape index (κ3) is 7.45. The molecule has 0 amide bonds. The lowest BCUT2D eigenvalue weighted by Crippen LogP contribution is -2.44. The summed E-state index contributed by atoms with van der Waals surface area (Å²) >= 11 is 1.32. The zero-order valence-electron chi connectivity index (χ0n) is 19.6. The summed E-state index contributed by atoms with van der Waals surface area (Å²) in [6.45, 7) is 4.26. The smallest absolute Gasteiger partial charge is 0.404 e. The standard InChI is InChI=1S/C21H23F4N7O3S2/c1-11-5-17(32-37(33,34)10-21(23,24)25)28-9-16(11)35-19-18(36-12(2)29-19)15-3-4-27-20(31-15)30-14-6-13(22)7-26-8-14/h3-5,9,13-14,26H,6-8,10H2,1-2H3,(H,28,32)(H,27,30,31)/t13-,14-/m0/s1. The van der Waals surface area contributed by atoms with E-state index in [1.165, 1.54) is 23.6 Å². The molecule has 1 aliphatic heterocycles. The van der Waals surface area contributed by atoms with Gasteiger partial charge in [-0.3, -0.25) is 4.72 Å². The third-order valence-electron chi connectivity index (χ3n) is 5.10. The first-order valence-corrected chi connectivity index (χ1v) is 13.5. The van der Waals surface area contributed by atoms with Gasteiger partial charge in [-0.25, -0.2) is 32.7 Å². The number of aryl methyl sites for hydroxylation is 2. The van der Waals surface area contributed by atoms with Crippen LogP contribution in [-0.2, 0) is 10.0 Å². The van der Waals surface area contributed by atoms with Gasteiger partial charge in [0.15, 0.2) is 11.5 Å². The molecule has 3 N–H and O–H groups in total. The van der Waals surface area contributed by atoms with Crippen LogP contribution in [0.1, 0.15) is 17.0 Å². The summed E-state index contributed by atoms with van der Waals surface area (Å²) < 4.78 is 82.3. The number of pyridine rings is 1. The lowest BCUT2D eigenvalue weighted by atomic mass is 10.1. The van der Waals surface area contributed by atoms with Crippen molar-refractivity contribution >= 4 is 33.1 Å². The number of thiazole rings is 1. The van der Waals surface area contributed by atoms with Gasteiger partial charge in [-0.05, 0) is 31.5 Å². The van der Waals surface area contributed by atoms with E-state index in [0.29, 0.717) is 46.6 Å². The van der Waals surface area contributed by atoms with Gasteiger partial charge in [0.1, 0.15) is 16.9 Å². The Hall–Kier alpha value is -3.11. The maximum atomic E-state index is 13.7. The Labute approximate surface area is 214 Å². The number of hydrogen-bond donors (Lipinski definition) is 3. The van der Waals surface area contributed by atoms with Crippen molar-refractivity contribution in [2.24, 2.45) is 0 Å². The molecule has 0 unspecified atom stereocenters. The molecule has 2 atom stereocenters. The number of rotatable bonds is 8. The highest BCUT2D eigenvalue weighted by molar-refractivity contribution is 7.92. The second-order valence-corrected chi connectivity index (χ2v) is 11.3. The molecule has 3 aromatic heterocycles. The summed E-state index contributed by atoms with van der Waals surface area (Å²) in [5.41, 5.74) is 0.924. The Morgan fingerprint density at radius 1 is 1.22 bits per heavy atom. The van der Waals surface area contributed by atoms with Crippen molar-refractivity contribution in [2.75, 3.05) is 28.9 Å². The van der Waals surface area contributed by atoms with Crippen molar-refractivity contribution in [2.45, 2.75) is 38.7 Å². The SMILES string of the molecule is Cc1nc(Oc2cnc(NS(=O)(=O)CC(F)(F)F)cc2C)c(-c2ccnc(N[C@@H]3CNC[C@@H](F)C3)n2)s1. The fraction of sp³-hybridized carbons (Fsp3) is 0.429. The van der Waals surface area contributed by atoms with E-state index in [9.17, 15) is 26.0 Å². The number of alkyl halides is 4. The van der Waals surface area contributed by atoms with Crippen molar-refractivity contribution in [1.82, 2.24) is 25.3 Å². The number of halogens is 4. The minimum Gasteiger partial charge on any atom is -0.436 e. The molecule has 37 heavy (non-hydrogen) atoms. The highest BCUT2D eigenvalue weighted by Crippen LogP contribution is 2.38.